The lowest BCUT2D eigenvalue weighted by Crippen LogP contribution is -2.44. The molecule has 1 aromatic carbocycles. The zero-order valence-corrected chi connectivity index (χ0v) is 13.8. The summed E-state index contributed by atoms with van der Waals surface area (Å²) in [4.78, 5) is 2.17. The number of ether oxygens (including phenoxy) is 1. The molecule has 1 aliphatic heterocycles. The van der Waals surface area contributed by atoms with E-state index in [4.69, 9.17) is 16.3 Å². The predicted molar refractivity (Wildman–Crippen MR) is 87.1 cm³/mol. The summed E-state index contributed by atoms with van der Waals surface area (Å²) in [7, 11) is 0. The molecule has 1 atom stereocenters. The fourth-order valence-corrected chi connectivity index (χ4v) is 2.66. The molecule has 0 radical (unpaired) electrons. The summed E-state index contributed by atoms with van der Waals surface area (Å²) in [6.45, 7) is 9.37. The quantitative estimate of drug-likeness (QED) is 0.896. The molecule has 1 heterocycles. The number of anilines is 1. The number of hydrogen-bond acceptors (Lipinski definition) is 4. The van der Waals surface area contributed by atoms with Crippen LogP contribution in [0.4, 0.5) is 5.69 Å². The van der Waals surface area contributed by atoms with E-state index in [0.29, 0.717) is 13.2 Å². The van der Waals surface area contributed by atoms with Crippen LogP contribution in [0.15, 0.2) is 18.2 Å². The summed E-state index contributed by atoms with van der Waals surface area (Å²) in [5, 5.41) is 13.4. The Hall–Kier alpha value is -0.810. The molecule has 5 heteroatoms. The molecule has 0 aromatic heterocycles. The second-order valence-electron chi connectivity index (χ2n) is 6.51. The normalized spacial score (nSPS) is 19.9. The molecule has 0 amide bonds. The molecule has 2 N–H and O–H groups in total. The molecule has 0 aliphatic carbocycles. The van der Waals surface area contributed by atoms with E-state index in [1.807, 2.05) is 6.07 Å². The second-order valence-corrected chi connectivity index (χ2v) is 6.92. The monoisotopic (exact) mass is 312 g/mol. The van der Waals surface area contributed by atoms with Crippen molar-refractivity contribution in [2.45, 2.75) is 39.0 Å². The van der Waals surface area contributed by atoms with Gasteiger partial charge in [-0.05, 0) is 38.5 Å². The number of nitrogens with one attached hydrogen (secondary N) is 1. The Bertz CT molecular complexity index is 474. The number of morpholine rings is 1. The molecule has 1 fully saturated rings. The number of hydrogen-bond donors (Lipinski definition) is 2. The third-order valence-electron chi connectivity index (χ3n) is 3.52. The second kappa shape index (κ2) is 6.97. The van der Waals surface area contributed by atoms with Gasteiger partial charge < -0.3 is 20.1 Å². The maximum atomic E-state index is 9.22. The minimum Gasteiger partial charge on any atom is -0.394 e. The Morgan fingerprint density at radius 2 is 2.19 bits per heavy atom. The van der Waals surface area contributed by atoms with Crippen LogP contribution >= 0.6 is 11.6 Å². The van der Waals surface area contributed by atoms with Gasteiger partial charge in [0.2, 0.25) is 0 Å². The van der Waals surface area contributed by atoms with Crippen LogP contribution in [-0.2, 0) is 11.3 Å². The van der Waals surface area contributed by atoms with Gasteiger partial charge >= 0.3 is 0 Å². The highest BCUT2D eigenvalue weighted by Gasteiger charge is 2.21. The van der Waals surface area contributed by atoms with E-state index in [0.717, 1.165) is 23.8 Å². The SMILES string of the molecule is CC(C)(C)NCc1ccc(N2CCOC(CO)C2)c(Cl)c1. The summed E-state index contributed by atoms with van der Waals surface area (Å²) in [6, 6.07) is 6.17. The maximum Gasteiger partial charge on any atom is 0.0980 e. The van der Waals surface area contributed by atoms with Crippen molar-refractivity contribution in [1.29, 1.82) is 0 Å². The molecule has 0 spiro atoms. The Labute approximate surface area is 132 Å². The molecule has 2 rings (SSSR count). The van der Waals surface area contributed by atoms with Gasteiger partial charge in [0.15, 0.2) is 0 Å². The first kappa shape index (κ1) is 16.6. The summed E-state index contributed by atoms with van der Waals surface area (Å²) < 4.78 is 5.47. The van der Waals surface area contributed by atoms with Gasteiger partial charge in [-0.25, -0.2) is 0 Å². The molecule has 21 heavy (non-hydrogen) atoms. The summed E-state index contributed by atoms with van der Waals surface area (Å²) in [5.41, 5.74) is 2.27. The van der Waals surface area contributed by atoms with E-state index in [2.05, 4.69) is 43.1 Å². The van der Waals surface area contributed by atoms with Crippen molar-refractivity contribution in [3.05, 3.63) is 28.8 Å². The van der Waals surface area contributed by atoms with Crippen molar-refractivity contribution in [3.63, 3.8) is 0 Å². The van der Waals surface area contributed by atoms with Gasteiger partial charge in [-0.3, -0.25) is 0 Å². The highest BCUT2D eigenvalue weighted by atomic mass is 35.5. The van der Waals surface area contributed by atoms with Gasteiger partial charge in [-0.15, -0.1) is 0 Å². The summed E-state index contributed by atoms with van der Waals surface area (Å²) in [5.74, 6) is 0. The minimum atomic E-state index is -0.128. The zero-order chi connectivity index (χ0) is 15.5. The van der Waals surface area contributed by atoms with Crippen LogP contribution in [0.2, 0.25) is 5.02 Å². The Morgan fingerprint density at radius 1 is 1.43 bits per heavy atom. The molecule has 1 saturated heterocycles. The predicted octanol–water partition coefficient (Wildman–Crippen LogP) is 2.43. The van der Waals surface area contributed by atoms with Gasteiger partial charge in [0.05, 0.1) is 30.0 Å². The lowest BCUT2D eigenvalue weighted by atomic mass is 10.1. The van der Waals surface area contributed by atoms with Crippen LogP contribution in [0.3, 0.4) is 0 Å². The van der Waals surface area contributed by atoms with E-state index < -0.39 is 0 Å². The first-order chi connectivity index (χ1) is 9.89. The molecule has 0 saturated carbocycles. The topological polar surface area (TPSA) is 44.7 Å². The first-order valence-corrected chi connectivity index (χ1v) is 7.78. The molecule has 4 nitrogen and oxygen atoms in total. The van der Waals surface area contributed by atoms with Gasteiger partial charge in [0.1, 0.15) is 0 Å². The van der Waals surface area contributed by atoms with Crippen LogP contribution in [0.5, 0.6) is 0 Å². The number of nitrogens with zero attached hydrogens (tertiary/aromatic N) is 1. The molecule has 1 aromatic rings. The molecule has 0 bridgehead atoms. The van der Waals surface area contributed by atoms with Crippen molar-refractivity contribution in [3.8, 4) is 0 Å². The van der Waals surface area contributed by atoms with Crippen molar-refractivity contribution < 1.29 is 9.84 Å². The molecule has 118 valence electrons. The lowest BCUT2D eigenvalue weighted by molar-refractivity contribution is 0.00357. The van der Waals surface area contributed by atoms with Gasteiger partial charge in [0.25, 0.3) is 0 Å². The highest BCUT2D eigenvalue weighted by Crippen LogP contribution is 2.28. The average Bonchev–Trinajstić information content (AvgIpc) is 2.44. The minimum absolute atomic E-state index is 0.0434. The number of rotatable bonds is 4. The van der Waals surface area contributed by atoms with E-state index in [1.54, 1.807) is 0 Å². The van der Waals surface area contributed by atoms with E-state index in [9.17, 15) is 5.11 Å². The fourth-order valence-electron chi connectivity index (χ4n) is 2.33. The zero-order valence-electron chi connectivity index (χ0n) is 13.0. The summed E-state index contributed by atoms with van der Waals surface area (Å²) in [6.07, 6.45) is -0.128. The fraction of sp³-hybridized carbons (Fsp3) is 0.625. The van der Waals surface area contributed by atoms with Gasteiger partial charge in [-0.2, -0.15) is 0 Å². The number of benzene rings is 1. The first-order valence-electron chi connectivity index (χ1n) is 7.40. The summed E-state index contributed by atoms with van der Waals surface area (Å²) >= 11 is 6.43. The van der Waals surface area contributed by atoms with Crippen molar-refractivity contribution in [2.75, 3.05) is 31.2 Å². The molecule has 1 unspecified atom stereocenters. The Morgan fingerprint density at radius 3 is 2.81 bits per heavy atom. The third kappa shape index (κ3) is 4.85. The van der Waals surface area contributed by atoms with Gasteiger partial charge in [-0.1, -0.05) is 17.7 Å². The van der Waals surface area contributed by atoms with Crippen molar-refractivity contribution in [2.24, 2.45) is 0 Å². The van der Waals surface area contributed by atoms with Gasteiger partial charge in [0, 0.05) is 25.2 Å². The van der Waals surface area contributed by atoms with Crippen LogP contribution in [-0.4, -0.2) is 43.1 Å². The molecule has 1 aliphatic rings. The Kier molecular flexibility index (Phi) is 5.49. The third-order valence-corrected chi connectivity index (χ3v) is 3.82. The lowest BCUT2D eigenvalue weighted by Gasteiger charge is -2.34. The maximum absolute atomic E-state index is 9.22. The number of aliphatic hydroxyl groups is 1. The standard InChI is InChI=1S/C16H25ClN2O2/c1-16(2,3)18-9-12-4-5-15(14(17)8-12)19-6-7-21-13(10-19)11-20/h4-5,8,13,18,20H,6-7,9-11H2,1-3H3. The van der Waals surface area contributed by atoms with Crippen LogP contribution in [0.1, 0.15) is 26.3 Å². The van der Waals surface area contributed by atoms with Crippen LogP contribution < -0.4 is 10.2 Å². The van der Waals surface area contributed by atoms with Crippen molar-refractivity contribution >= 4 is 17.3 Å². The number of aliphatic hydroxyl groups excluding tert-OH is 1. The number of halogens is 1. The van der Waals surface area contributed by atoms with Crippen molar-refractivity contribution in [1.82, 2.24) is 5.32 Å². The smallest absolute Gasteiger partial charge is 0.0980 e. The molecular formula is C16H25ClN2O2. The largest absolute Gasteiger partial charge is 0.394 e. The van der Waals surface area contributed by atoms with Crippen LogP contribution in [0, 0.1) is 0 Å². The van der Waals surface area contributed by atoms with Crippen LogP contribution in [0.25, 0.3) is 0 Å². The van der Waals surface area contributed by atoms with E-state index in [-0.39, 0.29) is 18.2 Å². The van der Waals surface area contributed by atoms with E-state index >= 15 is 0 Å². The average molecular weight is 313 g/mol. The van der Waals surface area contributed by atoms with E-state index in [1.165, 1.54) is 5.56 Å². The molecular weight excluding hydrogens is 288 g/mol. The highest BCUT2D eigenvalue weighted by molar-refractivity contribution is 6.33. The Balaban J connectivity index is 2.05.